The van der Waals surface area contributed by atoms with Gasteiger partial charge in [-0.25, -0.2) is 0 Å². The molecule has 0 aliphatic rings. The van der Waals surface area contributed by atoms with Crippen molar-refractivity contribution in [3.05, 3.63) is 47.2 Å². The molecule has 0 atom stereocenters. The molecule has 0 radical (unpaired) electrons. The largest absolute Gasteiger partial charge is 0.425 e. The summed E-state index contributed by atoms with van der Waals surface area (Å²) in [5.41, 5.74) is 1.87. The van der Waals surface area contributed by atoms with Crippen molar-refractivity contribution in [2.45, 2.75) is 58.9 Å². The molecule has 5 nitrogen and oxygen atoms in total. The predicted molar refractivity (Wildman–Crippen MR) is 89.1 cm³/mol. The molecule has 0 fully saturated rings. The highest BCUT2D eigenvalue weighted by Crippen LogP contribution is 2.23. The number of rotatable bonds is 6. The number of aryl methyl sites for hydroxylation is 2. The Balaban J connectivity index is 1.94. The lowest BCUT2D eigenvalue weighted by Crippen LogP contribution is -2.41. The van der Waals surface area contributed by atoms with E-state index in [0.717, 1.165) is 11.1 Å². The average molecular weight is 315 g/mol. The molecular formula is C18H25N3O2. The zero-order valence-corrected chi connectivity index (χ0v) is 14.5. The zero-order valence-electron chi connectivity index (χ0n) is 14.5. The summed E-state index contributed by atoms with van der Waals surface area (Å²) in [4.78, 5) is 12.3. The van der Waals surface area contributed by atoms with E-state index in [9.17, 15) is 4.79 Å². The number of benzene rings is 1. The van der Waals surface area contributed by atoms with Gasteiger partial charge in [-0.3, -0.25) is 4.79 Å². The fourth-order valence-electron chi connectivity index (χ4n) is 2.57. The minimum absolute atomic E-state index is 0.0254. The number of aromatic nitrogens is 2. The smallest absolute Gasteiger partial charge is 0.221 e. The molecule has 0 aliphatic carbocycles. The summed E-state index contributed by atoms with van der Waals surface area (Å²) in [5.74, 6) is 1.30. The van der Waals surface area contributed by atoms with Crippen LogP contribution in [0.15, 0.2) is 28.7 Å². The van der Waals surface area contributed by atoms with E-state index >= 15 is 0 Å². The first-order valence-electron chi connectivity index (χ1n) is 7.99. The fourth-order valence-corrected chi connectivity index (χ4v) is 2.57. The van der Waals surface area contributed by atoms with Crippen molar-refractivity contribution in [1.29, 1.82) is 0 Å². The molecule has 0 bridgehead atoms. The van der Waals surface area contributed by atoms with Gasteiger partial charge in [-0.05, 0) is 31.9 Å². The van der Waals surface area contributed by atoms with Crippen LogP contribution in [0.3, 0.4) is 0 Å². The third kappa shape index (κ3) is 4.41. The zero-order chi connectivity index (χ0) is 17.0. The highest BCUT2D eigenvalue weighted by molar-refractivity contribution is 5.77. The van der Waals surface area contributed by atoms with E-state index in [1.165, 1.54) is 0 Å². The van der Waals surface area contributed by atoms with Gasteiger partial charge >= 0.3 is 0 Å². The second kappa shape index (κ2) is 6.94. The van der Waals surface area contributed by atoms with Crippen LogP contribution in [-0.2, 0) is 16.8 Å². The van der Waals surface area contributed by atoms with Crippen molar-refractivity contribution in [2.24, 2.45) is 0 Å². The van der Waals surface area contributed by atoms with Crippen molar-refractivity contribution in [3.8, 4) is 0 Å². The van der Waals surface area contributed by atoms with Gasteiger partial charge in [-0.15, -0.1) is 10.2 Å². The van der Waals surface area contributed by atoms with E-state index in [0.29, 0.717) is 24.6 Å². The molecule has 0 aliphatic heterocycles. The van der Waals surface area contributed by atoms with Crippen molar-refractivity contribution in [3.63, 3.8) is 0 Å². The van der Waals surface area contributed by atoms with E-state index in [1.54, 1.807) is 0 Å². The maximum Gasteiger partial charge on any atom is 0.221 e. The van der Waals surface area contributed by atoms with Crippen molar-refractivity contribution in [1.82, 2.24) is 15.5 Å². The maximum atomic E-state index is 12.3. The number of hydrogen-bond donors (Lipinski definition) is 1. The van der Waals surface area contributed by atoms with Crippen LogP contribution in [0.1, 0.15) is 62.9 Å². The SMILES string of the molecule is Cc1ccccc1C(C)(C)NC(=O)CCc1nnc(C(C)C)o1. The molecule has 1 heterocycles. The van der Waals surface area contributed by atoms with Gasteiger partial charge < -0.3 is 9.73 Å². The summed E-state index contributed by atoms with van der Waals surface area (Å²) < 4.78 is 5.53. The monoisotopic (exact) mass is 315 g/mol. The topological polar surface area (TPSA) is 68.0 Å². The maximum absolute atomic E-state index is 12.3. The summed E-state index contributed by atoms with van der Waals surface area (Å²) >= 11 is 0. The first-order chi connectivity index (χ1) is 10.8. The molecule has 2 rings (SSSR count). The second-order valence-electron chi connectivity index (χ2n) is 6.68. The Bertz CT molecular complexity index is 674. The highest BCUT2D eigenvalue weighted by atomic mass is 16.4. The number of hydrogen-bond acceptors (Lipinski definition) is 4. The molecule has 1 N–H and O–H groups in total. The highest BCUT2D eigenvalue weighted by Gasteiger charge is 2.24. The lowest BCUT2D eigenvalue weighted by Gasteiger charge is -2.28. The lowest BCUT2D eigenvalue weighted by molar-refractivity contribution is -0.122. The summed E-state index contributed by atoms with van der Waals surface area (Å²) in [6.45, 7) is 10.1. The molecule has 0 unspecified atom stereocenters. The van der Waals surface area contributed by atoms with E-state index in [-0.39, 0.29) is 11.8 Å². The van der Waals surface area contributed by atoms with Crippen molar-refractivity contribution in [2.75, 3.05) is 0 Å². The van der Waals surface area contributed by atoms with Crippen LogP contribution in [0, 0.1) is 6.92 Å². The molecule has 0 saturated carbocycles. The van der Waals surface area contributed by atoms with Crippen LogP contribution in [-0.4, -0.2) is 16.1 Å². The van der Waals surface area contributed by atoms with Crippen LogP contribution in [0.5, 0.6) is 0 Å². The summed E-state index contributed by atoms with van der Waals surface area (Å²) in [6.07, 6.45) is 0.782. The van der Waals surface area contributed by atoms with Crippen LogP contribution in [0.4, 0.5) is 0 Å². The fraction of sp³-hybridized carbons (Fsp3) is 0.500. The summed E-state index contributed by atoms with van der Waals surface area (Å²) in [6, 6.07) is 8.08. The molecule has 2 aromatic rings. The third-order valence-corrected chi connectivity index (χ3v) is 3.81. The Morgan fingerprint density at radius 3 is 2.57 bits per heavy atom. The Morgan fingerprint density at radius 1 is 1.26 bits per heavy atom. The Labute approximate surface area is 137 Å². The molecule has 23 heavy (non-hydrogen) atoms. The molecular weight excluding hydrogens is 290 g/mol. The van der Waals surface area contributed by atoms with Gasteiger partial charge in [-0.1, -0.05) is 38.1 Å². The Morgan fingerprint density at radius 2 is 1.96 bits per heavy atom. The lowest BCUT2D eigenvalue weighted by atomic mass is 9.90. The first-order valence-corrected chi connectivity index (χ1v) is 7.99. The van der Waals surface area contributed by atoms with E-state index in [4.69, 9.17) is 4.42 Å². The normalized spacial score (nSPS) is 11.7. The minimum Gasteiger partial charge on any atom is -0.425 e. The van der Waals surface area contributed by atoms with Gasteiger partial charge in [0.05, 0.1) is 5.54 Å². The number of carbonyl (C=O) groups is 1. The molecule has 5 heteroatoms. The molecule has 1 aromatic heterocycles. The average Bonchev–Trinajstić information content (AvgIpc) is 2.94. The van der Waals surface area contributed by atoms with Gasteiger partial charge in [0.2, 0.25) is 17.7 Å². The van der Waals surface area contributed by atoms with Gasteiger partial charge in [0.25, 0.3) is 0 Å². The van der Waals surface area contributed by atoms with Crippen LogP contribution >= 0.6 is 0 Å². The first kappa shape index (κ1) is 17.2. The Hall–Kier alpha value is -2.17. The van der Waals surface area contributed by atoms with E-state index < -0.39 is 5.54 Å². The van der Waals surface area contributed by atoms with Crippen molar-refractivity contribution >= 4 is 5.91 Å². The second-order valence-corrected chi connectivity index (χ2v) is 6.68. The molecule has 0 spiro atoms. The minimum atomic E-state index is -0.416. The number of carbonyl (C=O) groups excluding carboxylic acids is 1. The van der Waals surface area contributed by atoms with Gasteiger partial charge in [0.15, 0.2) is 0 Å². The van der Waals surface area contributed by atoms with Crippen LogP contribution in [0.2, 0.25) is 0 Å². The quantitative estimate of drug-likeness (QED) is 0.886. The van der Waals surface area contributed by atoms with Crippen LogP contribution in [0.25, 0.3) is 0 Å². The molecule has 1 aromatic carbocycles. The van der Waals surface area contributed by atoms with E-state index in [1.807, 2.05) is 45.9 Å². The van der Waals surface area contributed by atoms with Gasteiger partial charge in [0, 0.05) is 18.8 Å². The molecule has 0 saturated heterocycles. The van der Waals surface area contributed by atoms with Gasteiger partial charge in [0.1, 0.15) is 0 Å². The molecule has 124 valence electrons. The van der Waals surface area contributed by atoms with Crippen LogP contribution < -0.4 is 5.32 Å². The summed E-state index contributed by atoms with van der Waals surface area (Å²) in [5, 5.41) is 11.0. The standard InChI is InChI=1S/C18H25N3O2/c1-12(2)17-21-20-16(23-17)11-10-15(22)19-18(4,5)14-9-7-6-8-13(14)3/h6-9,12H,10-11H2,1-5H3,(H,19,22). The van der Waals surface area contributed by atoms with E-state index in [2.05, 4.69) is 28.5 Å². The number of nitrogens with zero attached hydrogens (tertiary/aromatic N) is 2. The summed E-state index contributed by atoms with van der Waals surface area (Å²) in [7, 11) is 0. The van der Waals surface area contributed by atoms with Crippen molar-refractivity contribution < 1.29 is 9.21 Å². The predicted octanol–water partition coefficient (Wildman–Crippen LogP) is 3.49. The number of amides is 1. The van der Waals surface area contributed by atoms with Gasteiger partial charge in [-0.2, -0.15) is 0 Å². The third-order valence-electron chi connectivity index (χ3n) is 3.81. The molecule has 1 amide bonds. The Kier molecular flexibility index (Phi) is 5.19. The number of nitrogens with one attached hydrogen (secondary N) is 1.